The Balaban J connectivity index is 2.26. The lowest BCUT2D eigenvalue weighted by Gasteiger charge is -2.02. The van der Waals surface area contributed by atoms with Crippen molar-refractivity contribution in [1.29, 1.82) is 0 Å². The predicted molar refractivity (Wildman–Crippen MR) is 81.3 cm³/mol. The van der Waals surface area contributed by atoms with E-state index in [-0.39, 0.29) is 16.9 Å². The van der Waals surface area contributed by atoms with E-state index in [0.717, 1.165) is 11.8 Å². The topological polar surface area (TPSA) is 116 Å². The second-order valence-corrected chi connectivity index (χ2v) is 7.01. The number of hydrogen-bond donors (Lipinski definition) is 1. The van der Waals surface area contributed by atoms with Crippen LogP contribution in [0.2, 0.25) is 5.02 Å². The minimum atomic E-state index is -3.59. The van der Waals surface area contributed by atoms with Crippen LogP contribution >= 0.6 is 11.6 Å². The highest BCUT2D eigenvalue weighted by Gasteiger charge is 2.18. The Kier molecular flexibility index (Phi) is 3.26. The molecule has 0 atom stereocenters. The first kappa shape index (κ1) is 14.7. The Bertz CT molecular complexity index is 998. The Morgan fingerprint density at radius 2 is 1.95 bits per heavy atom. The van der Waals surface area contributed by atoms with Crippen LogP contribution in [0.25, 0.3) is 17.2 Å². The van der Waals surface area contributed by atoms with E-state index in [1.165, 1.54) is 4.52 Å². The molecule has 2 N–H and O–H groups in total. The van der Waals surface area contributed by atoms with Gasteiger partial charge < -0.3 is 5.73 Å². The Morgan fingerprint density at radius 3 is 2.64 bits per heavy atom. The van der Waals surface area contributed by atoms with Crippen molar-refractivity contribution in [2.24, 2.45) is 0 Å². The molecule has 0 aliphatic carbocycles. The zero-order valence-electron chi connectivity index (χ0n) is 11.6. The molecule has 0 radical (unpaired) electrons. The summed E-state index contributed by atoms with van der Waals surface area (Å²) in [5, 5.41) is 4.40. The van der Waals surface area contributed by atoms with E-state index < -0.39 is 9.84 Å². The lowest BCUT2D eigenvalue weighted by molar-refractivity contribution is 0.592. The lowest BCUT2D eigenvalue weighted by Crippen LogP contribution is -2.11. The summed E-state index contributed by atoms with van der Waals surface area (Å²) in [6, 6.07) is 5.33. The number of fused-ring (bicyclic) bond motifs is 1. The number of halogens is 1. The molecule has 0 fully saturated rings. The first-order valence-electron chi connectivity index (χ1n) is 6.13. The van der Waals surface area contributed by atoms with E-state index in [9.17, 15) is 8.42 Å². The number of hydrogen-bond acceptors (Lipinski definition) is 7. The van der Waals surface area contributed by atoms with E-state index in [2.05, 4.69) is 20.1 Å². The third-order valence-electron chi connectivity index (χ3n) is 3.05. The van der Waals surface area contributed by atoms with Gasteiger partial charge in [0.2, 0.25) is 15.8 Å². The molecule has 0 bridgehead atoms. The third kappa shape index (κ3) is 2.38. The van der Waals surface area contributed by atoms with Crippen molar-refractivity contribution >= 4 is 33.2 Å². The number of nitrogens with zero attached hydrogens (tertiary/aromatic N) is 5. The molecule has 10 heteroatoms. The van der Waals surface area contributed by atoms with Gasteiger partial charge in [-0.15, -0.1) is 5.10 Å². The van der Waals surface area contributed by atoms with E-state index >= 15 is 0 Å². The summed E-state index contributed by atoms with van der Waals surface area (Å²) >= 11 is 6.08. The summed E-state index contributed by atoms with van der Waals surface area (Å²) in [4.78, 5) is 11.8. The van der Waals surface area contributed by atoms with Gasteiger partial charge in [-0.05, 0) is 18.6 Å². The molecule has 0 saturated carbocycles. The van der Waals surface area contributed by atoms with Crippen molar-refractivity contribution in [3.05, 3.63) is 28.8 Å². The second-order valence-electron chi connectivity index (χ2n) is 4.70. The van der Waals surface area contributed by atoms with Gasteiger partial charge in [0.05, 0.1) is 0 Å². The van der Waals surface area contributed by atoms with Crippen molar-refractivity contribution in [3.8, 4) is 11.4 Å². The van der Waals surface area contributed by atoms with Crippen molar-refractivity contribution in [2.45, 2.75) is 12.1 Å². The molecule has 22 heavy (non-hydrogen) atoms. The second kappa shape index (κ2) is 4.89. The SMILES string of the molecule is Cc1c(Cl)cccc1-c1nc2nc(S(C)(=O)=O)nc(N)n2n1. The smallest absolute Gasteiger partial charge is 0.258 e. The summed E-state index contributed by atoms with van der Waals surface area (Å²) in [6.07, 6.45) is 0.997. The van der Waals surface area contributed by atoms with Gasteiger partial charge in [-0.25, -0.2) is 8.42 Å². The zero-order valence-corrected chi connectivity index (χ0v) is 13.2. The van der Waals surface area contributed by atoms with Gasteiger partial charge in [-0.3, -0.25) is 0 Å². The fraction of sp³-hybridized carbons (Fsp3) is 0.167. The zero-order chi connectivity index (χ0) is 16.1. The van der Waals surface area contributed by atoms with Crippen molar-refractivity contribution in [1.82, 2.24) is 24.6 Å². The Labute approximate surface area is 130 Å². The van der Waals surface area contributed by atoms with E-state index in [1.54, 1.807) is 18.2 Å². The average Bonchev–Trinajstić information content (AvgIpc) is 2.85. The first-order chi connectivity index (χ1) is 10.3. The first-order valence-corrected chi connectivity index (χ1v) is 8.40. The number of nitrogens with two attached hydrogens (primary N) is 1. The third-order valence-corrected chi connectivity index (χ3v) is 4.31. The van der Waals surface area contributed by atoms with Crippen molar-refractivity contribution in [3.63, 3.8) is 0 Å². The van der Waals surface area contributed by atoms with E-state index in [4.69, 9.17) is 17.3 Å². The molecule has 0 saturated heterocycles. The van der Waals surface area contributed by atoms with Gasteiger partial charge in [0.1, 0.15) is 0 Å². The fourth-order valence-electron chi connectivity index (χ4n) is 1.92. The van der Waals surface area contributed by atoms with Crippen LogP contribution in [0, 0.1) is 6.92 Å². The summed E-state index contributed by atoms with van der Waals surface area (Å²) in [7, 11) is -3.59. The number of rotatable bonds is 2. The number of nitrogen functional groups attached to an aromatic ring is 1. The number of aromatic nitrogens is 5. The minimum Gasteiger partial charge on any atom is -0.368 e. The van der Waals surface area contributed by atoms with Crippen LogP contribution in [-0.4, -0.2) is 39.2 Å². The van der Waals surface area contributed by atoms with Crippen LogP contribution in [0.4, 0.5) is 5.95 Å². The van der Waals surface area contributed by atoms with Crippen LogP contribution in [0.15, 0.2) is 23.4 Å². The molecular weight excluding hydrogens is 328 g/mol. The summed E-state index contributed by atoms with van der Waals surface area (Å²) in [5.41, 5.74) is 7.24. The van der Waals surface area contributed by atoms with Gasteiger partial charge in [0, 0.05) is 16.8 Å². The van der Waals surface area contributed by atoms with Crippen molar-refractivity contribution in [2.75, 3.05) is 12.0 Å². The molecule has 114 valence electrons. The predicted octanol–water partition coefficient (Wildman–Crippen LogP) is 1.13. The highest BCUT2D eigenvalue weighted by atomic mass is 35.5. The number of anilines is 1. The van der Waals surface area contributed by atoms with Crippen LogP contribution in [0.3, 0.4) is 0 Å². The fourth-order valence-corrected chi connectivity index (χ4v) is 2.60. The molecular formula is C12H11ClN6O2S. The van der Waals surface area contributed by atoms with Crippen LogP contribution in [-0.2, 0) is 9.84 Å². The van der Waals surface area contributed by atoms with Gasteiger partial charge >= 0.3 is 0 Å². The van der Waals surface area contributed by atoms with E-state index in [1.807, 2.05) is 6.92 Å². The van der Waals surface area contributed by atoms with E-state index in [0.29, 0.717) is 16.4 Å². The van der Waals surface area contributed by atoms with Crippen LogP contribution < -0.4 is 5.73 Å². The minimum absolute atomic E-state index is 0.0577. The molecule has 1 aromatic carbocycles. The molecule has 0 unspecified atom stereocenters. The molecule has 0 amide bonds. The van der Waals surface area contributed by atoms with Gasteiger partial charge in [0.15, 0.2) is 5.82 Å². The maximum atomic E-state index is 11.5. The Morgan fingerprint density at radius 1 is 1.23 bits per heavy atom. The van der Waals surface area contributed by atoms with Crippen molar-refractivity contribution < 1.29 is 8.42 Å². The lowest BCUT2D eigenvalue weighted by atomic mass is 10.1. The van der Waals surface area contributed by atoms with Crippen LogP contribution in [0.1, 0.15) is 5.56 Å². The quantitative estimate of drug-likeness (QED) is 0.744. The summed E-state index contributed by atoms with van der Waals surface area (Å²) in [5.74, 6) is 0.290. The Hall–Kier alpha value is -2.26. The number of sulfone groups is 1. The maximum Gasteiger partial charge on any atom is 0.258 e. The van der Waals surface area contributed by atoms with Gasteiger partial charge in [0.25, 0.3) is 10.9 Å². The maximum absolute atomic E-state index is 11.5. The van der Waals surface area contributed by atoms with Gasteiger partial charge in [-0.2, -0.15) is 19.5 Å². The molecule has 2 aromatic heterocycles. The normalized spacial score (nSPS) is 12.0. The molecule has 3 aromatic rings. The van der Waals surface area contributed by atoms with Gasteiger partial charge in [-0.1, -0.05) is 23.7 Å². The summed E-state index contributed by atoms with van der Waals surface area (Å²) < 4.78 is 24.3. The average molecular weight is 339 g/mol. The monoisotopic (exact) mass is 338 g/mol. The molecule has 0 aliphatic rings. The molecule has 0 spiro atoms. The highest BCUT2D eigenvalue weighted by molar-refractivity contribution is 7.90. The molecule has 2 heterocycles. The number of benzene rings is 1. The highest BCUT2D eigenvalue weighted by Crippen LogP contribution is 2.26. The largest absolute Gasteiger partial charge is 0.368 e. The molecule has 8 nitrogen and oxygen atoms in total. The standard InChI is InChI=1S/C12H11ClN6O2S/c1-6-7(4-3-5-8(6)13)9-15-11-17-12(22(2,20)21)16-10(14)19(11)18-9/h3-5H,1-2H3,(H2,14,15,16,17,18). The molecule has 0 aliphatic heterocycles. The van der Waals surface area contributed by atoms with Crippen LogP contribution in [0.5, 0.6) is 0 Å². The summed E-state index contributed by atoms with van der Waals surface area (Å²) in [6.45, 7) is 1.83. The molecule has 3 rings (SSSR count).